The zero-order chi connectivity index (χ0) is 16.6. The minimum Gasteiger partial charge on any atom is -0.507 e. The van der Waals surface area contributed by atoms with Gasteiger partial charge in [-0.05, 0) is 29.8 Å². The molecule has 0 bridgehead atoms. The average Bonchev–Trinajstić information content (AvgIpc) is 2.84. The molecule has 1 heterocycles. The van der Waals surface area contributed by atoms with Gasteiger partial charge in [0.2, 0.25) is 0 Å². The number of carbonyl (C=O) groups excluding carboxylic acids is 2. The maximum atomic E-state index is 12.2. The summed E-state index contributed by atoms with van der Waals surface area (Å²) in [4.78, 5) is 24.0. The molecule has 2 aromatic carbocycles. The zero-order valence-corrected chi connectivity index (χ0v) is 14.1. The molecule has 2 aromatic rings. The Hall–Kier alpha value is -2.11. The lowest BCUT2D eigenvalue weighted by molar-refractivity contribution is -0.133. The molecular formula is C17H11BrClNO3. The normalized spacial score (nSPS) is 19.7. The number of hydrogen-bond donors (Lipinski definition) is 2. The van der Waals surface area contributed by atoms with Crippen molar-refractivity contribution >= 4 is 45.0 Å². The highest BCUT2D eigenvalue weighted by Gasteiger charge is 2.39. The number of halogens is 2. The first kappa shape index (κ1) is 15.8. The number of aliphatic hydroxyl groups excluding tert-OH is 1. The van der Waals surface area contributed by atoms with Crippen molar-refractivity contribution in [3.63, 3.8) is 0 Å². The highest BCUT2D eigenvalue weighted by Crippen LogP contribution is 2.33. The second-order valence-corrected chi connectivity index (χ2v) is 6.41. The Kier molecular flexibility index (Phi) is 4.24. The number of benzene rings is 2. The van der Waals surface area contributed by atoms with Crippen LogP contribution in [0.4, 0.5) is 0 Å². The van der Waals surface area contributed by atoms with Crippen molar-refractivity contribution in [2.75, 3.05) is 0 Å². The van der Waals surface area contributed by atoms with E-state index in [0.29, 0.717) is 16.1 Å². The molecule has 1 amide bonds. The number of ketones is 1. The van der Waals surface area contributed by atoms with E-state index in [0.717, 1.165) is 4.47 Å². The van der Waals surface area contributed by atoms with E-state index in [9.17, 15) is 14.7 Å². The van der Waals surface area contributed by atoms with Gasteiger partial charge in [0.05, 0.1) is 11.6 Å². The molecule has 1 fully saturated rings. The Balaban J connectivity index is 2.10. The van der Waals surface area contributed by atoms with E-state index in [2.05, 4.69) is 21.2 Å². The van der Waals surface area contributed by atoms with Crippen LogP contribution in [-0.2, 0) is 9.59 Å². The van der Waals surface area contributed by atoms with Crippen molar-refractivity contribution in [1.29, 1.82) is 0 Å². The molecule has 0 unspecified atom stereocenters. The van der Waals surface area contributed by atoms with Gasteiger partial charge >= 0.3 is 0 Å². The molecule has 116 valence electrons. The smallest absolute Gasteiger partial charge is 0.293 e. The first-order chi connectivity index (χ1) is 11.0. The number of aliphatic hydroxyl groups is 1. The number of nitrogens with one attached hydrogen (secondary N) is 1. The summed E-state index contributed by atoms with van der Waals surface area (Å²) in [6.45, 7) is 0. The molecular weight excluding hydrogens is 382 g/mol. The quantitative estimate of drug-likeness (QED) is 0.464. The van der Waals surface area contributed by atoms with Crippen molar-refractivity contribution < 1.29 is 14.7 Å². The number of rotatable bonds is 2. The fourth-order valence-corrected chi connectivity index (χ4v) is 2.83. The standard InChI is InChI=1S/C17H11BrClNO3/c18-11-5-1-10(2-6-11)15(21)13-14(20-17(23)16(13)22)9-3-7-12(19)8-4-9/h1-8,14,21H,(H,20,23)/t14-/m1/s1. The Morgan fingerprint density at radius 2 is 1.65 bits per heavy atom. The second kappa shape index (κ2) is 6.18. The lowest BCUT2D eigenvalue weighted by Gasteiger charge is -2.13. The molecule has 6 heteroatoms. The minimum absolute atomic E-state index is 0.0413. The van der Waals surface area contributed by atoms with Crippen LogP contribution in [0.1, 0.15) is 17.2 Å². The maximum absolute atomic E-state index is 12.2. The highest BCUT2D eigenvalue weighted by atomic mass is 79.9. The van der Waals surface area contributed by atoms with Crippen molar-refractivity contribution in [3.8, 4) is 0 Å². The Bertz CT molecular complexity index is 813. The fraction of sp³-hybridized carbons (Fsp3) is 0.0588. The molecule has 1 saturated heterocycles. The molecule has 4 nitrogen and oxygen atoms in total. The highest BCUT2D eigenvalue weighted by molar-refractivity contribution is 9.10. The van der Waals surface area contributed by atoms with E-state index in [1.807, 2.05) is 0 Å². The summed E-state index contributed by atoms with van der Waals surface area (Å²) >= 11 is 9.18. The van der Waals surface area contributed by atoms with Crippen molar-refractivity contribution in [3.05, 3.63) is 74.7 Å². The third-order valence-electron chi connectivity index (χ3n) is 3.59. The van der Waals surface area contributed by atoms with Crippen molar-refractivity contribution in [2.45, 2.75) is 6.04 Å². The number of hydrogen-bond acceptors (Lipinski definition) is 3. The van der Waals surface area contributed by atoms with Gasteiger partial charge in [0.25, 0.3) is 11.7 Å². The minimum atomic E-state index is -0.733. The van der Waals surface area contributed by atoms with Crippen LogP contribution >= 0.6 is 27.5 Å². The SMILES string of the molecule is O=C1N[C@H](c2ccc(Cl)cc2)C(=C(O)c2ccc(Br)cc2)C1=O. The van der Waals surface area contributed by atoms with Crippen molar-refractivity contribution in [2.24, 2.45) is 0 Å². The third kappa shape index (κ3) is 3.02. The predicted molar refractivity (Wildman–Crippen MR) is 91.0 cm³/mol. The van der Waals surface area contributed by atoms with Crippen LogP contribution in [0, 0.1) is 0 Å². The lowest BCUT2D eigenvalue weighted by atomic mass is 9.96. The van der Waals surface area contributed by atoms with Gasteiger partial charge in [-0.2, -0.15) is 0 Å². The summed E-state index contributed by atoms with van der Waals surface area (Å²) in [6.07, 6.45) is 0. The summed E-state index contributed by atoms with van der Waals surface area (Å²) in [5, 5.41) is 13.7. The van der Waals surface area contributed by atoms with Crippen molar-refractivity contribution in [1.82, 2.24) is 5.32 Å². The van der Waals surface area contributed by atoms with Gasteiger partial charge in [0, 0.05) is 15.1 Å². The monoisotopic (exact) mass is 391 g/mol. The molecule has 23 heavy (non-hydrogen) atoms. The molecule has 0 radical (unpaired) electrons. The summed E-state index contributed by atoms with van der Waals surface area (Å²) in [5.41, 5.74) is 1.18. The largest absolute Gasteiger partial charge is 0.507 e. The van der Waals surface area contributed by atoms with Gasteiger partial charge in [-0.1, -0.05) is 51.8 Å². The maximum Gasteiger partial charge on any atom is 0.293 e. The zero-order valence-electron chi connectivity index (χ0n) is 11.7. The molecule has 0 spiro atoms. The van der Waals surface area contributed by atoms with Crippen LogP contribution < -0.4 is 5.32 Å². The van der Waals surface area contributed by atoms with Gasteiger partial charge in [-0.3, -0.25) is 9.59 Å². The van der Waals surface area contributed by atoms with Gasteiger partial charge in [0.1, 0.15) is 5.76 Å². The van der Waals surface area contributed by atoms with Crippen LogP contribution in [0.15, 0.2) is 58.6 Å². The lowest BCUT2D eigenvalue weighted by Crippen LogP contribution is -2.21. The third-order valence-corrected chi connectivity index (χ3v) is 4.37. The van der Waals surface area contributed by atoms with E-state index >= 15 is 0 Å². The van der Waals surface area contributed by atoms with Crippen LogP contribution in [0.2, 0.25) is 5.02 Å². The molecule has 2 N–H and O–H groups in total. The first-order valence-corrected chi connectivity index (χ1v) is 7.94. The molecule has 1 aliphatic rings. The van der Waals surface area contributed by atoms with E-state index in [1.165, 1.54) is 0 Å². The van der Waals surface area contributed by atoms with E-state index < -0.39 is 17.7 Å². The summed E-state index contributed by atoms with van der Waals surface area (Å²) < 4.78 is 0.847. The van der Waals surface area contributed by atoms with E-state index in [-0.39, 0.29) is 11.3 Å². The first-order valence-electron chi connectivity index (χ1n) is 6.77. The molecule has 0 aliphatic carbocycles. The average molecular weight is 393 g/mol. The van der Waals surface area contributed by atoms with Crippen LogP contribution in [0.25, 0.3) is 5.76 Å². The number of amides is 1. The molecule has 1 aliphatic heterocycles. The summed E-state index contributed by atoms with van der Waals surface area (Å²) in [5.74, 6) is -1.67. The van der Waals surface area contributed by atoms with Gasteiger partial charge in [-0.25, -0.2) is 0 Å². The Morgan fingerprint density at radius 3 is 2.26 bits per heavy atom. The number of Topliss-reactive ketones (excluding diaryl/α,β-unsaturated/α-hetero) is 1. The second-order valence-electron chi connectivity index (χ2n) is 5.06. The molecule has 0 saturated carbocycles. The van der Waals surface area contributed by atoms with Gasteiger partial charge in [0.15, 0.2) is 0 Å². The molecule has 3 rings (SSSR count). The Morgan fingerprint density at radius 1 is 1.04 bits per heavy atom. The fourth-order valence-electron chi connectivity index (χ4n) is 2.43. The van der Waals surface area contributed by atoms with Crippen LogP contribution in [0.3, 0.4) is 0 Å². The summed E-state index contributed by atoms with van der Waals surface area (Å²) in [7, 11) is 0. The topological polar surface area (TPSA) is 66.4 Å². The summed E-state index contributed by atoms with van der Waals surface area (Å²) in [6, 6.07) is 12.9. The van der Waals surface area contributed by atoms with Crippen LogP contribution in [-0.4, -0.2) is 16.8 Å². The van der Waals surface area contributed by atoms with Gasteiger partial charge < -0.3 is 10.4 Å². The van der Waals surface area contributed by atoms with Gasteiger partial charge in [-0.15, -0.1) is 0 Å². The Labute approximate surface area is 145 Å². The molecule has 1 atom stereocenters. The van der Waals surface area contributed by atoms with E-state index in [1.54, 1.807) is 48.5 Å². The number of carbonyl (C=O) groups is 2. The van der Waals surface area contributed by atoms with Crippen LogP contribution in [0.5, 0.6) is 0 Å². The van der Waals surface area contributed by atoms with E-state index in [4.69, 9.17) is 11.6 Å². The molecule has 0 aromatic heterocycles. The predicted octanol–water partition coefficient (Wildman–Crippen LogP) is 3.81.